The molecule has 0 aromatic carbocycles. The number of hydrogen-bond donors (Lipinski definition) is 2. The third kappa shape index (κ3) is 2.80. The van der Waals surface area contributed by atoms with E-state index in [1.807, 2.05) is 13.8 Å². The van der Waals surface area contributed by atoms with Crippen molar-refractivity contribution in [3.63, 3.8) is 0 Å². The number of ketones is 1. The fraction of sp³-hybridized carbons (Fsp3) is 0.727. The summed E-state index contributed by atoms with van der Waals surface area (Å²) in [5, 5.41) is 22.1. The molecule has 1 spiro atoms. The number of aliphatic hydroxyl groups is 2. The van der Waals surface area contributed by atoms with Crippen LogP contribution in [0.1, 0.15) is 53.9 Å². The van der Waals surface area contributed by atoms with E-state index >= 15 is 0 Å². The van der Waals surface area contributed by atoms with Gasteiger partial charge in [-0.3, -0.25) is 9.59 Å². The molecule has 8 atom stereocenters. The number of aliphatic hydroxyl groups excluding tert-OH is 1. The molecule has 3 aliphatic rings. The molecule has 2 N–H and O–H groups in total. The van der Waals surface area contributed by atoms with Gasteiger partial charge in [0.15, 0.2) is 12.1 Å². The van der Waals surface area contributed by atoms with Crippen molar-refractivity contribution < 1.29 is 29.3 Å². The zero-order valence-electron chi connectivity index (χ0n) is 17.4. The third-order valence-corrected chi connectivity index (χ3v) is 7.76. The van der Waals surface area contributed by atoms with Crippen molar-refractivity contribution in [2.45, 2.75) is 78.0 Å². The zero-order valence-corrected chi connectivity index (χ0v) is 17.4. The van der Waals surface area contributed by atoms with Crippen LogP contribution in [0.2, 0.25) is 0 Å². The lowest BCUT2D eigenvalue weighted by Gasteiger charge is -2.59. The van der Waals surface area contributed by atoms with Gasteiger partial charge in [0.25, 0.3) is 0 Å². The normalized spacial score (nSPS) is 45.2. The second-order valence-electron chi connectivity index (χ2n) is 9.28. The van der Waals surface area contributed by atoms with E-state index in [4.69, 9.17) is 9.47 Å². The number of allylic oxidation sites excluding steroid dienone is 2. The molecule has 0 aromatic rings. The average molecular weight is 392 g/mol. The molecule has 1 saturated carbocycles. The van der Waals surface area contributed by atoms with Gasteiger partial charge < -0.3 is 19.7 Å². The Hall–Kier alpha value is -1.50. The molecule has 0 radical (unpaired) electrons. The molecule has 3 rings (SSSR count). The average Bonchev–Trinajstić information content (AvgIpc) is 2.88. The van der Waals surface area contributed by atoms with Gasteiger partial charge in [0.05, 0.1) is 5.41 Å². The molecular formula is C22H32O6. The van der Waals surface area contributed by atoms with Crippen LogP contribution in [0.5, 0.6) is 0 Å². The molecule has 156 valence electrons. The van der Waals surface area contributed by atoms with Crippen molar-refractivity contribution in [1.29, 1.82) is 0 Å². The predicted molar refractivity (Wildman–Crippen MR) is 103 cm³/mol. The van der Waals surface area contributed by atoms with Crippen LogP contribution in [0, 0.1) is 22.7 Å². The van der Waals surface area contributed by atoms with Crippen LogP contribution in [-0.4, -0.2) is 46.1 Å². The topological polar surface area (TPSA) is 93.1 Å². The fourth-order valence-electron chi connectivity index (χ4n) is 5.90. The van der Waals surface area contributed by atoms with Gasteiger partial charge in [0, 0.05) is 13.3 Å². The van der Waals surface area contributed by atoms with Crippen LogP contribution >= 0.6 is 0 Å². The van der Waals surface area contributed by atoms with E-state index in [-0.39, 0.29) is 29.5 Å². The van der Waals surface area contributed by atoms with Gasteiger partial charge in [-0.2, -0.15) is 0 Å². The Balaban J connectivity index is 2.21. The highest BCUT2D eigenvalue weighted by Gasteiger charge is 2.71. The van der Waals surface area contributed by atoms with Crippen molar-refractivity contribution >= 4 is 11.8 Å². The first-order valence-electron chi connectivity index (χ1n) is 9.99. The lowest BCUT2D eigenvalue weighted by atomic mass is 9.45. The monoisotopic (exact) mass is 392 g/mol. The lowest BCUT2D eigenvalue weighted by molar-refractivity contribution is -0.213. The summed E-state index contributed by atoms with van der Waals surface area (Å²) in [6.45, 7) is 12.6. The van der Waals surface area contributed by atoms with Crippen molar-refractivity contribution in [2.24, 2.45) is 22.7 Å². The molecule has 1 heterocycles. The van der Waals surface area contributed by atoms with Gasteiger partial charge in [-0.1, -0.05) is 25.5 Å². The summed E-state index contributed by atoms with van der Waals surface area (Å²) in [5.74, 6) is -0.859. The van der Waals surface area contributed by atoms with Crippen molar-refractivity contribution in [3.05, 3.63) is 24.3 Å². The minimum absolute atomic E-state index is 0.00107. The molecular weight excluding hydrogens is 360 g/mol. The van der Waals surface area contributed by atoms with Crippen LogP contribution in [0.15, 0.2) is 24.3 Å². The highest BCUT2D eigenvalue weighted by Crippen LogP contribution is 2.66. The van der Waals surface area contributed by atoms with Crippen LogP contribution in [0.3, 0.4) is 0 Å². The second kappa shape index (κ2) is 6.78. The second-order valence-corrected chi connectivity index (χ2v) is 9.28. The molecule has 0 bridgehead atoms. The van der Waals surface area contributed by atoms with E-state index in [1.165, 1.54) is 19.9 Å². The van der Waals surface area contributed by atoms with E-state index in [9.17, 15) is 19.8 Å². The molecule has 2 aliphatic carbocycles. The molecule has 6 heteroatoms. The number of hydrogen-bond acceptors (Lipinski definition) is 6. The SMILES string of the molecule is C=C[C@@](C)(O)[C@H]1O[C@@H](O)[C@@]2([C@@H]1OC(C)=O)[C@@H](C)CC[C@]1(C)C(C)=CC(=O)C[C@@H]21. The largest absolute Gasteiger partial charge is 0.459 e. The van der Waals surface area contributed by atoms with Gasteiger partial charge in [0.2, 0.25) is 0 Å². The maximum Gasteiger partial charge on any atom is 0.303 e. The van der Waals surface area contributed by atoms with E-state index in [0.29, 0.717) is 0 Å². The first-order valence-corrected chi connectivity index (χ1v) is 9.99. The summed E-state index contributed by atoms with van der Waals surface area (Å²) in [5.41, 5.74) is -1.85. The number of carbonyl (C=O) groups is 2. The summed E-state index contributed by atoms with van der Waals surface area (Å²) >= 11 is 0. The van der Waals surface area contributed by atoms with Gasteiger partial charge in [0.1, 0.15) is 17.8 Å². The predicted octanol–water partition coefficient (Wildman–Crippen LogP) is 2.53. The minimum Gasteiger partial charge on any atom is -0.459 e. The Morgan fingerprint density at radius 2 is 2.14 bits per heavy atom. The summed E-state index contributed by atoms with van der Waals surface area (Å²) in [4.78, 5) is 24.5. The first-order chi connectivity index (χ1) is 12.9. The molecule has 2 fully saturated rings. The highest BCUT2D eigenvalue weighted by atomic mass is 16.7. The van der Waals surface area contributed by atoms with Crippen LogP contribution in [0.4, 0.5) is 0 Å². The van der Waals surface area contributed by atoms with Crippen LogP contribution in [-0.2, 0) is 19.1 Å². The summed E-state index contributed by atoms with van der Waals surface area (Å²) in [6.07, 6.45) is 1.79. The molecule has 1 saturated heterocycles. The van der Waals surface area contributed by atoms with Crippen LogP contribution in [0.25, 0.3) is 0 Å². The Morgan fingerprint density at radius 3 is 2.71 bits per heavy atom. The minimum atomic E-state index is -1.51. The summed E-state index contributed by atoms with van der Waals surface area (Å²) in [7, 11) is 0. The Labute approximate surface area is 166 Å². The maximum atomic E-state index is 12.5. The number of rotatable bonds is 3. The van der Waals surface area contributed by atoms with Crippen LogP contribution < -0.4 is 0 Å². The maximum absolute atomic E-state index is 12.5. The third-order valence-electron chi connectivity index (χ3n) is 7.76. The van der Waals surface area contributed by atoms with Crippen molar-refractivity contribution in [1.82, 2.24) is 0 Å². The number of carbonyl (C=O) groups excluding carboxylic acids is 2. The van der Waals surface area contributed by atoms with E-state index < -0.39 is 35.5 Å². The van der Waals surface area contributed by atoms with Crippen molar-refractivity contribution in [3.8, 4) is 0 Å². The van der Waals surface area contributed by atoms with Gasteiger partial charge in [-0.25, -0.2) is 0 Å². The van der Waals surface area contributed by atoms with Gasteiger partial charge in [-0.15, -0.1) is 6.58 Å². The first kappa shape index (κ1) is 21.2. The standard InChI is InChI=1S/C22H32O6/c1-7-21(6,26)17-18(27-14(4)23)22(19(25)28-17)12(2)8-9-20(5)13(3)10-15(24)11-16(20)22/h7,10,12,16-19,25-26H,1,8-9,11H2,2-6H3/t12-,16+,17-,18+,19+,20+,21+,22-/m0/s1. The Bertz CT molecular complexity index is 725. The molecule has 0 amide bonds. The van der Waals surface area contributed by atoms with E-state index in [0.717, 1.165) is 18.4 Å². The summed E-state index contributed by atoms with van der Waals surface area (Å²) in [6, 6.07) is 0. The number of ether oxygens (including phenoxy) is 2. The Kier molecular flexibility index (Phi) is 5.14. The van der Waals surface area contributed by atoms with Crippen molar-refractivity contribution in [2.75, 3.05) is 0 Å². The molecule has 0 aromatic heterocycles. The number of fused-ring (bicyclic) bond motifs is 2. The quantitative estimate of drug-likeness (QED) is 0.566. The smallest absolute Gasteiger partial charge is 0.303 e. The molecule has 28 heavy (non-hydrogen) atoms. The lowest BCUT2D eigenvalue weighted by Crippen LogP contribution is -2.62. The molecule has 6 nitrogen and oxygen atoms in total. The van der Waals surface area contributed by atoms with E-state index in [1.54, 1.807) is 6.08 Å². The van der Waals surface area contributed by atoms with E-state index in [2.05, 4.69) is 13.5 Å². The molecule has 1 aliphatic heterocycles. The van der Waals surface area contributed by atoms with Gasteiger partial charge >= 0.3 is 5.97 Å². The summed E-state index contributed by atoms with van der Waals surface area (Å²) < 4.78 is 11.6. The molecule has 0 unspecified atom stereocenters. The highest BCUT2D eigenvalue weighted by molar-refractivity contribution is 5.92. The number of esters is 1. The Morgan fingerprint density at radius 1 is 1.50 bits per heavy atom. The fourth-order valence-corrected chi connectivity index (χ4v) is 5.90. The zero-order chi connectivity index (χ0) is 21.1. The van der Waals surface area contributed by atoms with Gasteiger partial charge in [-0.05, 0) is 50.0 Å².